The number of nitrogens with one attached hydrogen (secondary N) is 2. The van der Waals surface area contributed by atoms with Gasteiger partial charge in [-0.15, -0.1) is 0 Å². The number of nitrogens with zero attached hydrogens (tertiary/aromatic N) is 1. The summed E-state index contributed by atoms with van der Waals surface area (Å²) in [5.41, 5.74) is 9.74. The molecule has 0 saturated heterocycles. The van der Waals surface area contributed by atoms with E-state index in [1.165, 1.54) is 0 Å². The molecule has 3 N–H and O–H groups in total. The van der Waals surface area contributed by atoms with Crippen LogP contribution in [0.2, 0.25) is 0 Å². The van der Waals surface area contributed by atoms with Crippen LogP contribution in [0.15, 0.2) is 147 Å². The van der Waals surface area contributed by atoms with Gasteiger partial charge in [-0.3, -0.25) is 10.2 Å². The van der Waals surface area contributed by atoms with Crippen molar-refractivity contribution < 1.29 is 19.4 Å². The molecule has 1 amide bonds. The first-order chi connectivity index (χ1) is 23.9. The van der Waals surface area contributed by atoms with Gasteiger partial charge in [-0.25, -0.2) is 10.4 Å². The highest BCUT2D eigenvalue weighted by atomic mass is 79.9. The summed E-state index contributed by atoms with van der Waals surface area (Å²) in [7, 11) is 0. The first-order valence-corrected chi connectivity index (χ1v) is 17.8. The van der Waals surface area contributed by atoms with Gasteiger partial charge in [0.25, 0.3) is 5.91 Å². The quantitative estimate of drug-likeness (QED) is 0.0787. The lowest BCUT2D eigenvalue weighted by Crippen LogP contribution is -2.54. The Kier molecular flexibility index (Phi) is 11.6. The molecule has 0 fully saturated rings. The molecule has 5 aromatic rings. The maximum absolute atomic E-state index is 14.7. The fourth-order valence-electron chi connectivity index (χ4n) is 5.97. The minimum atomic E-state index is -1.35. The lowest BCUT2D eigenvalue weighted by atomic mass is 9.82. The van der Waals surface area contributed by atoms with Crippen molar-refractivity contribution in [1.29, 1.82) is 0 Å². The summed E-state index contributed by atoms with van der Waals surface area (Å²) in [6.07, 6.45) is 0.118. The Labute approximate surface area is 303 Å². The van der Waals surface area contributed by atoms with Gasteiger partial charge in [0.2, 0.25) is 5.90 Å². The van der Waals surface area contributed by atoms with Crippen LogP contribution in [0.3, 0.4) is 0 Å². The number of hydrogen-bond donors (Lipinski definition) is 3. The van der Waals surface area contributed by atoms with Crippen molar-refractivity contribution in [1.82, 2.24) is 10.9 Å². The average molecular weight is 784 g/mol. The minimum Gasteiger partial charge on any atom is -0.494 e. The standard InChI is InChI=1S/C40H37Br2N3O4/c41-33-18-12-28(13-19-33)26-40(39(47)45-43-27-36(29-8-3-1-4-9-29)30-10-5-2-6-11-30)37(31-14-20-34(42)21-15-31)49-38(44-40)32-16-22-35(23-17-32)48-25-7-24-46/h1-6,8-23,36-37,43,46H,7,24-27H2,(H,45,47)/t37-,40-/m0/s1. The molecule has 2 atom stereocenters. The summed E-state index contributed by atoms with van der Waals surface area (Å²) in [4.78, 5) is 19.9. The van der Waals surface area contributed by atoms with Crippen molar-refractivity contribution in [2.75, 3.05) is 19.8 Å². The molecule has 6 rings (SSSR count). The average Bonchev–Trinajstić information content (AvgIpc) is 3.53. The Bertz CT molecular complexity index is 1800. The molecule has 0 aromatic heterocycles. The topological polar surface area (TPSA) is 92.2 Å². The molecular formula is C40H37Br2N3O4. The number of aliphatic hydroxyl groups is 1. The molecule has 0 aliphatic carbocycles. The number of hydrazine groups is 1. The molecule has 7 nitrogen and oxygen atoms in total. The molecule has 1 heterocycles. The van der Waals surface area contributed by atoms with Gasteiger partial charge in [0, 0.05) is 46.4 Å². The first kappa shape index (κ1) is 34.6. The maximum Gasteiger partial charge on any atom is 0.266 e. The van der Waals surface area contributed by atoms with E-state index in [1.807, 2.05) is 109 Å². The molecule has 1 aliphatic rings. The van der Waals surface area contributed by atoms with Crippen LogP contribution in [0.25, 0.3) is 0 Å². The zero-order chi connectivity index (χ0) is 34.1. The van der Waals surface area contributed by atoms with Gasteiger partial charge in [-0.1, -0.05) is 117 Å². The predicted molar refractivity (Wildman–Crippen MR) is 200 cm³/mol. The summed E-state index contributed by atoms with van der Waals surface area (Å²) in [6, 6.07) is 43.7. The van der Waals surface area contributed by atoms with E-state index in [-0.39, 0.29) is 18.4 Å². The molecule has 250 valence electrons. The van der Waals surface area contributed by atoms with Crippen LogP contribution >= 0.6 is 31.9 Å². The Morgan fingerprint density at radius 2 is 1.41 bits per heavy atom. The van der Waals surface area contributed by atoms with E-state index in [1.54, 1.807) is 0 Å². The smallest absolute Gasteiger partial charge is 0.266 e. The first-order valence-electron chi connectivity index (χ1n) is 16.2. The van der Waals surface area contributed by atoms with Crippen LogP contribution < -0.4 is 15.6 Å². The predicted octanol–water partition coefficient (Wildman–Crippen LogP) is 7.93. The Morgan fingerprint density at radius 1 is 0.816 bits per heavy atom. The third-order valence-corrected chi connectivity index (χ3v) is 9.56. The number of carbonyl (C=O) groups excluding carboxylic acids is 1. The third-order valence-electron chi connectivity index (χ3n) is 8.50. The molecule has 0 spiro atoms. The van der Waals surface area contributed by atoms with Crippen molar-refractivity contribution in [3.63, 3.8) is 0 Å². The molecule has 0 saturated carbocycles. The fourth-order valence-corrected chi connectivity index (χ4v) is 6.50. The second kappa shape index (κ2) is 16.4. The van der Waals surface area contributed by atoms with Gasteiger partial charge in [0.05, 0.1) is 6.61 Å². The van der Waals surface area contributed by atoms with Gasteiger partial charge in [-0.2, -0.15) is 0 Å². The van der Waals surface area contributed by atoms with E-state index in [9.17, 15) is 4.79 Å². The van der Waals surface area contributed by atoms with Gasteiger partial charge in [0.1, 0.15) is 5.75 Å². The molecule has 9 heteroatoms. The van der Waals surface area contributed by atoms with E-state index >= 15 is 0 Å². The number of hydrogen-bond acceptors (Lipinski definition) is 6. The summed E-state index contributed by atoms with van der Waals surface area (Å²) >= 11 is 7.09. The van der Waals surface area contributed by atoms with E-state index in [0.29, 0.717) is 37.6 Å². The number of rotatable bonds is 14. The number of amides is 1. The largest absolute Gasteiger partial charge is 0.494 e. The maximum atomic E-state index is 14.7. The number of aliphatic imine (C=N–C) groups is 1. The number of benzene rings is 5. The van der Waals surface area contributed by atoms with Gasteiger partial charge in [-0.05, 0) is 70.8 Å². The van der Waals surface area contributed by atoms with Crippen LogP contribution in [0.5, 0.6) is 5.75 Å². The fraction of sp³-hybridized carbons (Fsp3) is 0.200. The monoisotopic (exact) mass is 781 g/mol. The van der Waals surface area contributed by atoms with Crippen LogP contribution in [0, 0.1) is 0 Å². The molecule has 1 aliphatic heterocycles. The number of halogens is 2. The van der Waals surface area contributed by atoms with Crippen LogP contribution in [0.4, 0.5) is 0 Å². The van der Waals surface area contributed by atoms with Crippen LogP contribution in [-0.4, -0.2) is 42.2 Å². The Morgan fingerprint density at radius 3 is 2.00 bits per heavy atom. The lowest BCUT2D eigenvalue weighted by Gasteiger charge is -2.31. The summed E-state index contributed by atoms with van der Waals surface area (Å²) in [5.74, 6) is 0.745. The molecule has 5 aromatic carbocycles. The normalized spacial score (nSPS) is 17.0. The Hall–Kier alpha value is -4.28. The zero-order valence-electron chi connectivity index (χ0n) is 26.8. The molecule has 0 bridgehead atoms. The Balaban J connectivity index is 1.34. The second-order valence-corrected chi connectivity index (χ2v) is 13.7. The summed E-state index contributed by atoms with van der Waals surface area (Å²) in [5, 5.41) is 9.11. The SMILES string of the molecule is O=C(NNCC(c1ccccc1)c1ccccc1)[C@@]1(Cc2ccc(Br)cc2)N=C(c2ccc(OCCCO)cc2)O[C@H]1c1ccc(Br)cc1. The van der Waals surface area contributed by atoms with Gasteiger partial charge in [0.15, 0.2) is 11.6 Å². The van der Waals surface area contributed by atoms with Crippen molar-refractivity contribution >= 4 is 43.7 Å². The third kappa shape index (κ3) is 8.48. The number of aliphatic hydroxyl groups excluding tert-OH is 1. The minimum absolute atomic E-state index is 0.00407. The highest BCUT2D eigenvalue weighted by molar-refractivity contribution is 9.10. The number of carbonyl (C=O) groups is 1. The van der Waals surface area contributed by atoms with E-state index in [2.05, 4.69) is 67.0 Å². The highest BCUT2D eigenvalue weighted by Crippen LogP contribution is 2.43. The number of ether oxygens (including phenoxy) is 2. The van der Waals surface area contributed by atoms with Crippen LogP contribution in [-0.2, 0) is 16.0 Å². The van der Waals surface area contributed by atoms with Gasteiger partial charge >= 0.3 is 0 Å². The molecule has 0 unspecified atom stereocenters. The zero-order valence-corrected chi connectivity index (χ0v) is 29.9. The van der Waals surface area contributed by atoms with Crippen LogP contribution in [0.1, 0.15) is 46.3 Å². The van der Waals surface area contributed by atoms with Crippen molar-refractivity contribution in [3.8, 4) is 5.75 Å². The second-order valence-electron chi connectivity index (χ2n) is 11.9. The van der Waals surface area contributed by atoms with E-state index in [0.717, 1.165) is 36.8 Å². The molecular weight excluding hydrogens is 746 g/mol. The van der Waals surface area contributed by atoms with Gasteiger partial charge < -0.3 is 14.6 Å². The molecule has 0 radical (unpaired) electrons. The van der Waals surface area contributed by atoms with Crippen molar-refractivity contribution in [2.45, 2.75) is 30.4 Å². The van der Waals surface area contributed by atoms with Crippen molar-refractivity contribution in [2.24, 2.45) is 4.99 Å². The summed E-state index contributed by atoms with van der Waals surface area (Å²) < 4.78 is 14.3. The lowest BCUT2D eigenvalue weighted by molar-refractivity contribution is -0.130. The highest BCUT2D eigenvalue weighted by Gasteiger charge is 2.53. The van der Waals surface area contributed by atoms with E-state index < -0.39 is 11.6 Å². The van der Waals surface area contributed by atoms with Crippen molar-refractivity contribution in [3.05, 3.63) is 170 Å². The van der Waals surface area contributed by atoms with E-state index in [4.69, 9.17) is 19.6 Å². The molecule has 49 heavy (non-hydrogen) atoms. The summed E-state index contributed by atoms with van der Waals surface area (Å²) in [6.45, 7) is 0.945.